The molecule has 1 aliphatic rings. The van der Waals surface area contributed by atoms with Gasteiger partial charge in [-0.3, -0.25) is 9.69 Å². The van der Waals surface area contributed by atoms with E-state index in [-0.39, 0.29) is 12.6 Å². The van der Waals surface area contributed by atoms with Crippen molar-refractivity contribution in [2.45, 2.75) is 33.2 Å². The highest BCUT2D eigenvalue weighted by atomic mass is 16.4. The molecule has 0 aromatic carbocycles. The highest BCUT2D eigenvalue weighted by Gasteiger charge is 2.45. The Labute approximate surface area is 125 Å². The van der Waals surface area contributed by atoms with Gasteiger partial charge in [-0.05, 0) is 27.7 Å². The molecule has 7 nitrogen and oxygen atoms in total. The molecular formula is C14H27N3O4. The Balaban J connectivity index is 2.60. The maximum atomic E-state index is 12.3. The van der Waals surface area contributed by atoms with Crippen LogP contribution >= 0.6 is 0 Å². The molecule has 7 heteroatoms. The molecule has 1 saturated heterocycles. The summed E-state index contributed by atoms with van der Waals surface area (Å²) in [5.41, 5.74) is -1.93. The van der Waals surface area contributed by atoms with E-state index in [0.29, 0.717) is 19.6 Å². The fourth-order valence-corrected chi connectivity index (χ4v) is 2.09. The summed E-state index contributed by atoms with van der Waals surface area (Å²) in [4.78, 5) is 27.4. The highest BCUT2D eigenvalue weighted by molar-refractivity contribution is 5.79. The number of hydrogen-bond donors (Lipinski definition) is 3. The average Bonchev–Trinajstić information content (AvgIpc) is 2.39. The number of nitrogens with one attached hydrogen (secondary N) is 1. The molecule has 0 aromatic rings. The van der Waals surface area contributed by atoms with E-state index >= 15 is 0 Å². The zero-order chi connectivity index (χ0) is 16.3. The summed E-state index contributed by atoms with van der Waals surface area (Å²) in [6.07, 6.45) is 0. The van der Waals surface area contributed by atoms with Crippen LogP contribution in [0.2, 0.25) is 0 Å². The third-order valence-corrected chi connectivity index (χ3v) is 4.59. The van der Waals surface area contributed by atoms with E-state index in [1.54, 1.807) is 32.6 Å². The number of carboxylic acids is 1. The Morgan fingerprint density at radius 2 is 1.62 bits per heavy atom. The number of carboxylic acid groups (broad SMARTS) is 1. The van der Waals surface area contributed by atoms with E-state index in [2.05, 4.69) is 10.2 Å². The quantitative estimate of drug-likeness (QED) is 0.674. The average molecular weight is 301 g/mol. The number of rotatable bonds is 5. The van der Waals surface area contributed by atoms with E-state index in [0.717, 1.165) is 13.1 Å². The molecule has 1 heterocycles. The van der Waals surface area contributed by atoms with E-state index in [4.69, 9.17) is 5.11 Å². The van der Waals surface area contributed by atoms with Crippen LogP contribution < -0.4 is 5.32 Å². The van der Waals surface area contributed by atoms with Crippen molar-refractivity contribution in [1.82, 2.24) is 15.1 Å². The molecule has 1 fully saturated rings. The second-order valence-corrected chi connectivity index (χ2v) is 6.54. The Morgan fingerprint density at radius 1 is 1.10 bits per heavy atom. The number of urea groups is 1. The van der Waals surface area contributed by atoms with Gasteiger partial charge >= 0.3 is 12.0 Å². The van der Waals surface area contributed by atoms with Crippen molar-refractivity contribution in [2.24, 2.45) is 5.41 Å². The van der Waals surface area contributed by atoms with Crippen molar-refractivity contribution < 1.29 is 19.8 Å². The summed E-state index contributed by atoms with van der Waals surface area (Å²) in [5, 5.41) is 21.0. The predicted molar refractivity (Wildman–Crippen MR) is 79.1 cm³/mol. The third-order valence-electron chi connectivity index (χ3n) is 4.59. The molecule has 122 valence electrons. The maximum Gasteiger partial charge on any atom is 0.317 e. The first-order valence-corrected chi connectivity index (χ1v) is 7.25. The van der Waals surface area contributed by atoms with Crippen molar-refractivity contribution in [3.05, 3.63) is 0 Å². The second-order valence-electron chi connectivity index (χ2n) is 6.54. The van der Waals surface area contributed by atoms with Crippen LogP contribution in [-0.4, -0.2) is 76.9 Å². The third kappa shape index (κ3) is 4.07. The van der Waals surface area contributed by atoms with Crippen molar-refractivity contribution in [2.75, 3.05) is 39.3 Å². The number of piperazine rings is 1. The van der Waals surface area contributed by atoms with Gasteiger partial charge in [0.1, 0.15) is 0 Å². The molecule has 0 radical (unpaired) electrons. The lowest BCUT2D eigenvalue weighted by atomic mass is 9.74. The Hall–Kier alpha value is -1.34. The summed E-state index contributed by atoms with van der Waals surface area (Å²) >= 11 is 0. The lowest BCUT2D eigenvalue weighted by Crippen LogP contribution is -2.61. The number of carbonyl (C=O) groups is 2. The van der Waals surface area contributed by atoms with Crippen LogP contribution in [0.15, 0.2) is 0 Å². The number of aliphatic hydroxyl groups is 1. The minimum atomic E-state index is -1.07. The first kappa shape index (κ1) is 17.7. The maximum absolute atomic E-state index is 12.3. The molecule has 0 bridgehead atoms. The van der Waals surface area contributed by atoms with Crippen LogP contribution in [0.4, 0.5) is 4.79 Å². The topological polar surface area (TPSA) is 93.1 Å². The van der Waals surface area contributed by atoms with E-state index in [9.17, 15) is 14.7 Å². The molecule has 1 aliphatic heterocycles. The summed E-state index contributed by atoms with van der Waals surface area (Å²) < 4.78 is 0. The smallest absolute Gasteiger partial charge is 0.317 e. The van der Waals surface area contributed by atoms with Crippen LogP contribution in [0, 0.1) is 5.41 Å². The number of aliphatic hydroxyl groups excluding tert-OH is 1. The SMILES string of the molecule is CC(C)(NC(=O)N1CCN(CCO)CC1)C(C)(C)C(=O)O. The molecular weight excluding hydrogens is 274 g/mol. The number of amides is 2. The van der Waals surface area contributed by atoms with E-state index in [1.807, 2.05) is 0 Å². The Bertz CT molecular complexity index is 388. The van der Waals surface area contributed by atoms with Gasteiger partial charge in [0, 0.05) is 32.7 Å². The minimum absolute atomic E-state index is 0.117. The van der Waals surface area contributed by atoms with Gasteiger partial charge in [-0.15, -0.1) is 0 Å². The zero-order valence-corrected chi connectivity index (χ0v) is 13.3. The summed E-state index contributed by atoms with van der Waals surface area (Å²) in [6.45, 7) is 9.99. The molecule has 0 saturated carbocycles. The van der Waals surface area contributed by atoms with Crippen LogP contribution in [0.5, 0.6) is 0 Å². The summed E-state index contributed by atoms with van der Waals surface area (Å²) in [6, 6.07) is -0.238. The van der Waals surface area contributed by atoms with Crippen molar-refractivity contribution in [3.63, 3.8) is 0 Å². The fraction of sp³-hybridized carbons (Fsp3) is 0.857. The Kier molecular flexibility index (Phi) is 5.58. The fourth-order valence-electron chi connectivity index (χ4n) is 2.09. The molecule has 3 N–H and O–H groups in total. The first-order chi connectivity index (χ1) is 9.61. The van der Waals surface area contributed by atoms with Gasteiger partial charge in [0.05, 0.1) is 17.6 Å². The van der Waals surface area contributed by atoms with Crippen LogP contribution in [0.3, 0.4) is 0 Å². The van der Waals surface area contributed by atoms with Crippen LogP contribution in [0.1, 0.15) is 27.7 Å². The van der Waals surface area contributed by atoms with Gasteiger partial charge in [0.2, 0.25) is 0 Å². The normalized spacial score (nSPS) is 17.7. The Morgan fingerprint density at radius 3 is 2.05 bits per heavy atom. The molecule has 1 rings (SSSR count). The number of nitrogens with zero attached hydrogens (tertiary/aromatic N) is 2. The standard InChI is InChI=1S/C14H27N3O4/c1-13(2,11(19)20)14(3,4)15-12(21)17-7-5-16(6-8-17)9-10-18/h18H,5-10H2,1-4H3,(H,15,21)(H,19,20). The minimum Gasteiger partial charge on any atom is -0.481 e. The van der Waals surface area contributed by atoms with Crippen molar-refractivity contribution >= 4 is 12.0 Å². The summed E-state index contributed by atoms with van der Waals surface area (Å²) in [5.74, 6) is -0.944. The van der Waals surface area contributed by atoms with Gasteiger partial charge < -0.3 is 20.4 Å². The van der Waals surface area contributed by atoms with Gasteiger partial charge in [-0.2, -0.15) is 0 Å². The monoisotopic (exact) mass is 301 g/mol. The number of aliphatic carboxylic acids is 1. The summed E-state index contributed by atoms with van der Waals surface area (Å²) in [7, 11) is 0. The molecule has 0 atom stereocenters. The van der Waals surface area contributed by atoms with Crippen molar-refractivity contribution in [3.8, 4) is 0 Å². The highest BCUT2D eigenvalue weighted by Crippen LogP contribution is 2.30. The first-order valence-electron chi connectivity index (χ1n) is 7.25. The second kappa shape index (κ2) is 6.62. The van der Waals surface area contributed by atoms with Crippen LogP contribution in [-0.2, 0) is 4.79 Å². The lowest BCUT2D eigenvalue weighted by Gasteiger charge is -2.41. The lowest BCUT2D eigenvalue weighted by molar-refractivity contribution is -0.150. The largest absolute Gasteiger partial charge is 0.481 e. The van der Waals surface area contributed by atoms with Crippen molar-refractivity contribution in [1.29, 1.82) is 0 Å². The molecule has 0 spiro atoms. The van der Waals surface area contributed by atoms with Crippen LogP contribution in [0.25, 0.3) is 0 Å². The molecule has 21 heavy (non-hydrogen) atoms. The molecule has 0 aromatic heterocycles. The van der Waals surface area contributed by atoms with E-state index in [1.165, 1.54) is 0 Å². The number of carbonyl (C=O) groups excluding carboxylic acids is 1. The van der Waals surface area contributed by atoms with Gasteiger partial charge in [-0.1, -0.05) is 0 Å². The zero-order valence-electron chi connectivity index (χ0n) is 13.3. The molecule has 0 aliphatic carbocycles. The van der Waals surface area contributed by atoms with E-state index < -0.39 is 16.9 Å². The predicted octanol–water partition coefficient (Wildman–Crippen LogP) is 0.195. The molecule has 0 unspecified atom stereocenters. The van der Waals surface area contributed by atoms with Gasteiger partial charge in [0.25, 0.3) is 0 Å². The number of hydrogen-bond acceptors (Lipinski definition) is 4. The number of β-amino-alcohol motifs (C(OH)–C–C–N with tert-alkyl or cyclic N) is 1. The molecule has 2 amide bonds. The van der Waals surface area contributed by atoms with Gasteiger partial charge in [-0.25, -0.2) is 4.79 Å². The van der Waals surface area contributed by atoms with Gasteiger partial charge in [0.15, 0.2) is 0 Å².